The van der Waals surface area contributed by atoms with E-state index in [2.05, 4.69) is 11.8 Å². The second-order valence-electron chi connectivity index (χ2n) is 5.54. The van der Waals surface area contributed by atoms with Crippen molar-refractivity contribution in [1.29, 1.82) is 0 Å². The Hall–Kier alpha value is -0.930. The molecule has 0 aromatic heterocycles. The highest BCUT2D eigenvalue weighted by molar-refractivity contribution is 5.16. The third-order valence-corrected chi connectivity index (χ3v) is 4.35. The van der Waals surface area contributed by atoms with Crippen molar-refractivity contribution in [3.05, 3.63) is 35.6 Å². The predicted molar refractivity (Wildman–Crippen MR) is 77.3 cm³/mol. The summed E-state index contributed by atoms with van der Waals surface area (Å²) in [6, 6.07) is 7.46. The van der Waals surface area contributed by atoms with Crippen molar-refractivity contribution in [2.45, 2.75) is 45.2 Å². The van der Waals surface area contributed by atoms with Crippen LogP contribution in [-0.4, -0.2) is 24.0 Å². The molecule has 0 bridgehead atoms. The van der Waals surface area contributed by atoms with Gasteiger partial charge in [-0.2, -0.15) is 0 Å². The molecule has 0 saturated heterocycles. The van der Waals surface area contributed by atoms with Gasteiger partial charge >= 0.3 is 0 Å². The number of nitrogens with zero attached hydrogens (tertiary/aromatic N) is 1. The molecule has 0 radical (unpaired) electrons. The Kier molecular flexibility index (Phi) is 5.34. The number of halogens is 1. The average Bonchev–Trinajstić information content (AvgIpc) is 2.46. The van der Waals surface area contributed by atoms with Gasteiger partial charge < -0.3 is 5.73 Å². The molecule has 1 aromatic rings. The van der Waals surface area contributed by atoms with Gasteiger partial charge in [-0.1, -0.05) is 31.9 Å². The van der Waals surface area contributed by atoms with Crippen LogP contribution < -0.4 is 5.73 Å². The standard InChI is InChI=1S/C16H25FN2/c1-2-19(12-13-7-9-15(17)10-8-13)16-6-4-3-5-14(16)11-18/h7-10,14,16H,2-6,11-12,18H2,1H3. The lowest BCUT2D eigenvalue weighted by molar-refractivity contribution is 0.105. The quantitative estimate of drug-likeness (QED) is 0.885. The third kappa shape index (κ3) is 3.77. The van der Waals surface area contributed by atoms with Gasteiger partial charge in [-0.3, -0.25) is 4.90 Å². The van der Waals surface area contributed by atoms with E-state index in [4.69, 9.17) is 5.73 Å². The molecule has 0 aliphatic heterocycles. The van der Waals surface area contributed by atoms with Gasteiger partial charge in [0, 0.05) is 12.6 Å². The zero-order valence-electron chi connectivity index (χ0n) is 11.8. The first kappa shape index (κ1) is 14.5. The highest BCUT2D eigenvalue weighted by Crippen LogP contribution is 2.28. The van der Waals surface area contributed by atoms with E-state index in [0.29, 0.717) is 12.0 Å². The topological polar surface area (TPSA) is 29.3 Å². The van der Waals surface area contributed by atoms with Gasteiger partial charge in [0.15, 0.2) is 0 Å². The molecule has 1 aromatic carbocycles. The van der Waals surface area contributed by atoms with Gasteiger partial charge in [-0.05, 0) is 49.5 Å². The van der Waals surface area contributed by atoms with Crippen LogP contribution in [0.1, 0.15) is 38.2 Å². The van der Waals surface area contributed by atoms with Crippen LogP contribution in [0.2, 0.25) is 0 Å². The van der Waals surface area contributed by atoms with Crippen LogP contribution in [0.4, 0.5) is 4.39 Å². The van der Waals surface area contributed by atoms with E-state index in [0.717, 1.165) is 19.6 Å². The lowest BCUT2D eigenvalue weighted by Gasteiger charge is -2.39. The number of hydrogen-bond acceptors (Lipinski definition) is 2. The summed E-state index contributed by atoms with van der Waals surface area (Å²) in [7, 11) is 0. The van der Waals surface area contributed by atoms with Crippen LogP contribution in [0.15, 0.2) is 24.3 Å². The van der Waals surface area contributed by atoms with Crippen molar-refractivity contribution < 1.29 is 4.39 Å². The fraction of sp³-hybridized carbons (Fsp3) is 0.625. The maximum absolute atomic E-state index is 12.9. The van der Waals surface area contributed by atoms with Crippen molar-refractivity contribution in [2.75, 3.05) is 13.1 Å². The smallest absolute Gasteiger partial charge is 0.123 e. The Balaban J connectivity index is 2.04. The molecule has 2 N–H and O–H groups in total. The van der Waals surface area contributed by atoms with Gasteiger partial charge in [0.1, 0.15) is 5.82 Å². The molecule has 19 heavy (non-hydrogen) atoms. The van der Waals surface area contributed by atoms with Crippen LogP contribution in [0.3, 0.4) is 0 Å². The Labute approximate surface area is 115 Å². The highest BCUT2D eigenvalue weighted by atomic mass is 19.1. The van der Waals surface area contributed by atoms with Crippen molar-refractivity contribution >= 4 is 0 Å². The summed E-state index contributed by atoms with van der Waals surface area (Å²) in [5.74, 6) is 0.457. The Morgan fingerprint density at radius 1 is 1.21 bits per heavy atom. The lowest BCUT2D eigenvalue weighted by atomic mass is 9.83. The first-order valence-corrected chi connectivity index (χ1v) is 7.43. The minimum absolute atomic E-state index is 0.163. The summed E-state index contributed by atoms with van der Waals surface area (Å²) in [5, 5.41) is 0. The predicted octanol–water partition coefficient (Wildman–Crippen LogP) is 3.17. The fourth-order valence-corrected chi connectivity index (χ4v) is 3.23. The van der Waals surface area contributed by atoms with Crippen molar-refractivity contribution in [3.8, 4) is 0 Å². The Morgan fingerprint density at radius 3 is 2.53 bits per heavy atom. The molecule has 2 rings (SSSR count). The van der Waals surface area contributed by atoms with Crippen LogP contribution in [-0.2, 0) is 6.54 Å². The molecule has 1 aliphatic rings. The summed E-state index contributed by atoms with van der Waals surface area (Å²) >= 11 is 0. The maximum atomic E-state index is 12.9. The number of rotatable bonds is 5. The van der Waals surface area contributed by atoms with Crippen molar-refractivity contribution in [1.82, 2.24) is 4.90 Å². The van der Waals surface area contributed by atoms with Gasteiger partial charge in [0.05, 0.1) is 0 Å². The SMILES string of the molecule is CCN(Cc1ccc(F)cc1)C1CCCCC1CN. The molecule has 0 amide bonds. The molecule has 0 heterocycles. The summed E-state index contributed by atoms with van der Waals surface area (Å²) in [5.41, 5.74) is 7.11. The van der Waals surface area contributed by atoms with E-state index in [9.17, 15) is 4.39 Å². The molecular weight excluding hydrogens is 239 g/mol. The second kappa shape index (κ2) is 7.01. The van der Waals surface area contributed by atoms with E-state index in [-0.39, 0.29) is 5.82 Å². The molecule has 1 fully saturated rings. The monoisotopic (exact) mass is 264 g/mol. The van der Waals surface area contributed by atoms with Gasteiger partial charge in [-0.25, -0.2) is 4.39 Å². The van der Waals surface area contributed by atoms with E-state index in [1.54, 1.807) is 12.1 Å². The fourth-order valence-electron chi connectivity index (χ4n) is 3.23. The van der Waals surface area contributed by atoms with Gasteiger partial charge in [0.25, 0.3) is 0 Å². The average molecular weight is 264 g/mol. The summed E-state index contributed by atoms with van der Waals surface area (Å²) in [6.07, 6.45) is 5.12. The van der Waals surface area contributed by atoms with Crippen molar-refractivity contribution in [2.24, 2.45) is 11.7 Å². The van der Waals surface area contributed by atoms with E-state index in [1.165, 1.54) is 31.2 Å². The Morgan fingerprint density at radius 2 is 1.89 bits per heavy atom. The zero-order valence-corrected chi connectivity index (χ0v) is 11.8. The molecular formula is C16H25FN2. The molecule has 106 valence electrons. The summed E-state index contributed by atoms with van der Waals surface area (Å²) in [6.45, 7) is 4.91. The first-order valence-electron chi connectivity index (χ1n) is 7.43. The van der Waals surface area contributed by atoms with E-state index >= 15 is 0 Å². The van der Waals surface area contributed by atoms with E-state index < -0.39 is 0 Å². The third-order valence-electron chi connectivity index (χ3n) is 4.35. The molecule has 2 atom stereocenters. The maximum Gasteiger partial charge on any atom is 0.123 e. The first-order chi connectivity index (χ1) is 9.24. The molecule has 2 unspecified atom stereocenters. The van der Waals surface area contributed by atoms with Crippen LogP contribution in [0.5, 0.6) is 0 Å². The van der Waals surface area contributed by atoms with Crippen molar-refractivity contribution in [3.63, 3.8) is 0 Å². The lowest BCUT2D eigenvalue weighted by Crippen LogP contribution is -2.44. The summed E-state index contributed by atoms with van der Waals surface area (Å²) in [4.78, 5) is 2.50. The number of benzene rings is 1. The second-order valence-corrected chi connectivity index (χ2v) is 5.54. The molecule has 2 nitrogen and oxygen atoms in total. The molecule has 0 spiro atoms. The molecule has 3 heteroatoms. The van der Waals surface area contributed by atoms with E-state index in [1.807, 2.05) is 12.1 Å². The normalized spacial score (nSPS) is 23.8. The largest absolute Gasteiger partial charge is 0.330 e. The van der Waals surface area contributed by atoms with Gasteiger partial charge in [0.2, 0.25) is 0 Å². The minimum Gasteiger partial charge on any atom is -0.330 e. The van der Waals surface area contributed by atoms with Crippen LogP contribution >= 0.6 is 0 Å². The minimum atomic E-state index is -0.163. The van der Waals surface area contributed by atoms with Gasteiger partial charge in [-0.15, -0.1) is 0 Å². The Bertz CT molecular complexity index is 377. The number of nitrogens with two attached hydrogens (primary N) is 1. The molecule has 1 saturated carbocycles. The highest BCUT2D eigenvalue weighted by Gasteiger charge is 2.28. The van der Waals surface area contributed by atoms with Crippen LogP contribution in [0.25, 0.3) is 0 Å². The van der Waals surface area contributed by atoms with Crippen LogP contribution in [0, 0.1) is 11.7 Å². The summed E-state index contributed by atoms with van der Waals surface area (Å²) < 4.78 is 12.9. The molecule has 1 aliphatic carbocycles. The zero-order chi connectivity index (χ0) is 13.7. The number of hydrogen-bond donors (Lipinski definition) is 1.